The third-order valence-electron chi connectivity index (χ3n) is 3.09. The first-order valence-electron chi connectivity index (χ1n) is 7.49. The summed E-state index contributed by atoms with van der Waals surface area (Å²) in [6.07, 6.45) is 1.05. The molecule has 0 bridgehead atoms. The van der Waals surface area contributed by atoms with Gasteiger partial charge in [-0.15, -0.1) is 11.8 Å². The van der Waals surface area contributed by atoms with E-state index in [1.807, 2.05) is 42.1 Å². The number of thiocarbonyl (C=S) groups is 1. The molecule has 120 valence electrons. The Morgan fingerprint density at radius 1 is 1.09 bits per heavy atom. The fraction of sp³-hybridized carbons (Fsp3) is 0.222. The van der Waals surface area contributed by atoms with E-state index < -0.39 is 0 Å². The lowest BCUT2D eigenvalue weighted by molar-refractivity contribution is -0.114. The molecule has 2 aromatic rings. The molecule has 0 saturated heterocycles. The van der Waals surface area contributed by atoms with Crippen molar-refractivity contribution in [2.24, 2.45) is 0 Å². The van der Waals surface area contributed by atoms with E-state index in [-0.39, 0.29) is 5.91 Å². The SMILES string of the molecule is CC(=O)Nc1ccc(C(=S)NCCCSc2ccccc2)cc1. The number of thioether (sulfide) groups is 1. The van der Waals surface area contributed by atoms with Gasteiger partial charge in [-0.1, -0.05) is 30.4 Å². The number of amides is 1. The molecule has 0 aliphatic carbocycles. The summed E-state index contributed by atoms with van der Waals surface area (Å²) in [4.78, 5) is 13.0. The number of rotatable bonds is 7. The van der Waals surface area contributed by atoms with Crippen LogP contribution in [-0.4, -0.2) is 23.2 Å². The molecule has 2 N–H and O–H groups in total. The maximum Gasteiger partial charge on any atom is 0.221 e. The molecule has 0 unspecified atom stereocenters. The van der Waals surface area contributed by atoms with Crippen molar-refractivity contribution >= 4 is 40.6 Å². The zero-order chi connectivity index (χ0) is 16.5. The highest BCUT2D eigenvalue weighted by atomic mass is 32.2. The van der Waals surface area contributed by atoms with Gasteiger partial charge in [0.25, 0.3) is 0 Å². The molecule has 0 atom stereocenters. The first-order valence-corrected chi connectivity index (χ1v) is 8.88. The maximum atomic E-state index is 11.0. The highest BCUT2D eigenvalue weighted by Crippen LogP contribution is 2.17. The molecule has 1 amide bonds. The second-order valence-electron chi connectivity index (χ2n) is 5.03. The molecular formula is C18H20N2OS2. The summed E-state index contributed by atoms with van der Waals surface area (Å²) >= 11 is 7.24. The van der Waals surface area contributed by atoms with Crippen molar-refractivity contribution in [2.75, 3.05) is 17.6 Å². The van der Waals surface area contributed by atoms with E-state index in [0.717, 1.165) is 35.0 Å². The van der Waals surface area contributed by atoms with Crippen LogP contribution in [0.2, 0.25) is 0 Å². The van der Waals surface area contributed by atoms with E-state index in [0.29, 0.717) is 0 Å². The monoisotopic (exact) mass is 344 g/mol. The molecule has 0 aliphatic rings. The average Bonchev–Trinajstić information content (AvgIpc) is 2.55. The fourth-order valence-corrected chi connectivity index (χ4v) is 3.10. The Morgan fingerprint density at radius 3 is 2.43 bits per heavy atom. The van der Waals surface area contributed by atoms with Gasteiger partial charge in [-0.3, -0.25) is 4.79 Å². The topological polar surface area (TPSA) is 41.1 Å². The standard InChI is InChI=1S/C18H20N2OS2/c1-14(21)20-16-10-8-15(9-11-16)18(22)19-12-5-13-23-17-6-3-2-4-7-17/h2-4,6-11H,5,12-13H2,1H3,(H,19,22)(H,20,21). The minimum absolute atomic E-state index is 0.0747. The molecule has 2 aromatic carbocycles. The third-order valence-corrected chi connectivity index (χ3v) is 4.56. The lowest BCUT2D eigenvalue weighted by atomic mass is 10.2. The Balaban J connectivity index is 1.69. The number of anilines is 1. The van der Waals surface area contributed by atoms with Crippen molar-refractivity contribution in [1.82, 2.24) is 5.32 Å². The Morgan fingerprint density at radius 2 is 1.78 bits per heavy atom. The van der Waals surface area contributed by atoms with Crippen LogP contribution in [0.1, 0.15) is 18.9 Å². The van der Waals surface area contributed by atoms with Crippen LogP contribution in [0.3, 0.4) is 0 Å². The van der Waals surface area contributed by atoms with E-state index >= 15 is 0 Å². The van der Waals surface area contributed by atoms with E-state index in [9.17, 15) is 4.79 Å². The van der Waals surface area contributed by atoms with Gasteiger partial charge in [0.2, 0.25) is 5.91 Å². The Labute approximate surface area is 146 Å². The predicted octanol–water partition coefficient (Wildman–Crippen LogP) is 4.09. The summed E-state index contributed by atoms with van der Waals surface area (Å²) in [5, 5.41) is 6.02. The van der Waals surface area contributed by atoms with Gasteiger partial charge in [-0.05, 0) is 48.6 Å². The highest BCUT2D eigenvalue weighted by Gasteiger charge is 2.02. The average molecular weight is 345 g/mol. The molecular weight excluding hydrogens is 324 g/mol. The van der Waals surface area contributed by atoms with Crippen molar-refractivity contribution in [3.63, 3.8) is 0 Å². The fourth-order valence-electron chi connectivity index (χ4n) is 1.99. The predicted molar refractivity (Wildman–Crippen MR) is 102 cm³/mol. The summed E-state index contributed by atoms with van der Waals surface area (Å²) in [5.41, 5.74) is 1.74. The minimum atomic E-state index is -0.0747. The number of hydrogen-bond donors (Lipinski definition) is 2. The molecule has 0 aromatic heterocycles. The molecule has 0 radical (unpaired) electrons. The molecule has 0 spiro atoms. The van der Waals surface area contributed by atoms with Crippen molar-refractivity contribution in [1.29, 1.82) is 0 Å². The molecule has 23 heavy (non-hydrogen) atoms. The lowest BCUT2D eigenvalue weighted by Gasteiger charge is -2.09. The quantitative estimate of drug-likeness (QED) is 0.451. The lowest BCUT2D eigenvalue weighted by Crippen LogP contribution is -2.23. The summed E-state index contributed by atoms with van der Waals surface area (Å²) in [6.45, 7) is 2.35. The van der Waals surface area contributed by atoms with Crippen LogP contribution in [0.4, 0.5) is 5.69 Å². The minimum Gasteiger partial charge on any atom is -0.376 e. The van der Waals surface area contributed by atoms with Crippen LogP contribution in [0.15, 0.2) is 59.5 Å². The number of nitrogens with one attached hydrogen (secondary N) is 2. The second kappa shape index (κ2) is 9.33. The van der Waals surface area contributed by atoms with Gasteiger partial charge in [0.1, 0.15) is 4.99 Å². The number of carbonyl (C=O) groups excluding carboxylic acids is 1. The number of benzene rings is 2. The smallest absolute Gasteiger partial charge is 0.221 e. The van der Waals surface area contributed by atoms with Crippen LogP contribution in [0.5, 0.6) is 0 Å². The maximum absolute atomic E-state index is 11.0. The largest absolute Gasteiger partial charge is 0.376 e. The first-order chi connectivity index (χ1) is 11.1. The van der Waals surface area contributed by atoms with Gasteiger partial charge in [-0.25, -0.2) is 0 Å². The van der Waals surface area contributed by atoms with Crippen molar-refractivity contribution in [2.45, 2.75) is 18.2 Å². The van der Waals surface area contributed by atoms with Crippen LogP contribution < -0.4 is 10.6 Å². The zero-order valence-electron chi connectivity index (χ0n) is 13.0. The molecule has 0 saturated carbocycles. The Kier molecular flexibility index (Phi) is 7.10. The molecule has 3 nitrogen and oxygen atoms in total. The summed E-state index contributed by atoms with van der Waals surface area (Å²) < 4.78 is 0. The zero-order valence-corrected chi connectivity index (χ0v) is 14.7. The van der Waals surface area contributed by atoms with Crippen LogP contribution in [0, 0.1) is 0 Å². The van der Waals surface area contributed by atoms with Crippen molar-refractivity contribution in [3.8, 4) is 0 Å². The molecule has 0 aliphatic heterocycles. The van der Waals surface area contributed by atoms with E-state index in [1.165, 1.54) is 11.8 Å². The highest BCUT2D eigenvalue weighted by molar-refractivity contribution is 7.99. The number of carbonyl (C=O) groups is 1. The van der Waals surface area contributed by atoms with E-state index in [4.69, 9.17) is 12.2 Å². The summed E-state index contributed by atoms with van der Waals surface area (Å²) in [5.74, 6) is 0.982. The molecule has 0 heterocycles. The van der Waals surface area contributed by atoms with E-state index in [1.54, 1.807) is 0 Å². The van der Waals surface area contributed by atoms with E-state index in [2.05, 4.69) is 34.9 Å². The molecule has 5 heteroatoms. The van der Waals surface area contributed by atoms with Crippen molar-refractivity contribution < 1.29 is 4.79 Å². The normalized spacial score (nSPS) is 10.1. The second-order valence-corrected chi connectivity index (χ2v) is 6.61. The summed E-state index contributed by atoms with van der Waals surface area (Å²) in [7, 11) is 0. The summed E-state index contributed by atoms with van der Waals surface area (Å²) in [6, 6.07) is 17.9. The van der Waals surface area contributed by atoms with Gasteiger partial charge in [-0.2, -0.15) is 0 Å². The van der Waals surface area contributed by atoms with Gasteiger partial charge in [0.05, 0.1) is 0 Å². The van der Waals surface area contributed by atoms with Crippen LogP contribution in [-0.2, 0) is 4.79 Å². The Hall–Kier alpha value is -1.85. The number of hydrogen-bond acceptors (Lipinski definition) is 3. The van der Waals surface area contributed by atoms with Crippen LogP contribution >= 0.6 is 24.0 Å². The third kappa shape index (κ3) is 6.42. The van der Waals surface area contributed by atoms with Gasteiger partial charge < -0.3 is 10.6 Å². The van der Waals surface area contributed by atoms with Crippen molar-refractivity contribution in [3.05, 3.63) is 60.2 Å². The van der Waals surface area contributed by atoms with Gasteiger partial charge >= 0.3 is 0 Å². The first kappa shape index (κ1) is 17.5. The van der Waals surface area contributed by atoms with Gasteiger partial charge in [0.15, 0.2) is 0 Å². The van der Waals surface area contributed by atoms with Gasteiger partial charge in [0, 0.05) is 29.6 Å². The molecule has 0 fully saturated rings. The van der Waals surface area contributed by atoms with Crippen LogP contribution in [0.25, 0.3) is 0 Å². The molecule has 2 rings (SSSR count). The Bertz CT molecular complexity index is 642.